The van der Waals surface area contributed by atoms with Crippen LogP contribution in [-0.4, -0.2) is 19.5 Å². The van der Waals surface area contributed by atoms with E-state index in [-0.39, 0.29) is 16.6 Å². The van der Waals surface area contributed by atoms with Gasteiger partial charge in [0.1, 0.15) is 0 Å². The van der Waals surface area contributed by atoms with Crippen LogP contribution in [0.15, 0.2) is 29.2 Å². The molecule has 1 aliphatic carbocycles. The molecule has 2 rings (SSSR count). The number of sulfone groups is 1. The van der Waals surface area contributed by atoms with E-state index in [0.717, 1.165) is 12.8 Å². The summed E-state index contributed by atoms with van der Waals surface area (Å²) >= 11 is 0. The van der Waals surface area contributed by atoms with Crippen molar-refractivity contribution in [1.29, 1.82) is 0 Å². The van der Waals surface area contributed by atoms with Crippen LogP contribution in [0.3, 0.4) is 0 Å². The molecule has 1 saturated carbocycles. The standard InChI is InChI=1S/C13H16O3S/c1-9(2)17(15,16)12-5-3-4-11(8-12)13(14)10-6-7-10/h3-5,8-10H,6-7H2,1-2H3. The summed E-state index contributed by atoms with van der Waals surface area (Å²) in [5.74, 6) is 0.192. The first-order valence-corrected chi connectivity index (χ1v) is 7.35. The highest BCUT2D eigenvalue weighted by atomic mass is 32.2. The summed E-state index contributed by atoms with van der Waals surface area (Å²) in [5, 5.41) is -0.464. The van der Waals surface area contributed by atoms with E-state index in [1.54, 1.807) is 32.0 Å². The third-order valence-electron chi connectivity index (χ3n) is 3.02. The van der Waals surface area contributed by atoms with Crippen molar-refractivity contribution in [3.05, 3.63) is 29.8 Å². The van der Waals surface area contributed by atoms with Crippen LogP contribution in [0.2, 0.25) is 0 Å². The van der Waals surface area contributed by atoms with Crippen molar-refractivity contribution < 1.29 is 13.2 Å². The van der Waals surface area contributed by atoms with E-state index in [1.165, 1.54) is 6.07 Å². The third-order valence-corrected chi connectivity index (χ3v) is 5.17. The maximum atomic E-state index is 12.0. The maximum absolute atomic E-state index is 12.0. The van der Waals surface area contributed by atoms with Gasteiger partial charge in [0.2, 0.25) is 0 Å². The molecule has 1 aliphatic rings. The zero-order chi connectivity index (χ0) is 12.6. The second-order valence-corrected chi connectivity index (χ2v) is 7.26. The molecule has 3 nitrogen and oxygen atoms in total. The highest BCUT2D eigenvalue weighted by Crippen LogP contribution is 2.33. The lowest BCUT2D eigenvalue weighted by molar-refractivity contribution is 0.0967. The number of hydrogen-bond donors (Lipinski definition) is 0. The van der Waals surface area contributed by atoms with Gasteiger partial charge in [-0.25, -0.2) is 8.42 Å². The van der Waals surface area contributed by atoms with Gasteiger partial charge < -0.3 is 0 Å². The summed E-state index contributed by atoms with van der Waals surface area (Å²) in [6.07, 6.45) is 1.86. The van der Waals surface area contributed by atoms with Crippen molar-refractivity contribution in [3.8, 4) is 0 Å². The van der Waals surface area contributed by atoms with E-state index >= 15 is 0 Å². The van der Waals surface area contributed by atoms with Crippen LogP contribution in [0.25, 0.3) is 0 Å². The highest BCUT2D eigenvalue weighted by molar-refractivity contribution is 7.92. The van der Waals surface area contributed by atoms with Crippen LogP contribution in [0.1, 0.15) is 37.0 Å². The van der Waals surface area contributed by atoms with Crippen molar-refractivity contribution in [1.82, 2.24) is 0 Å². The van der Waals surface area contributed by atoms with E-state index in [4.69, 9.17) is 0 Å². The Hall–Kier alpha value is -1.16. The first-order chi connectivity index (χ1) is 7.93. The summed E-state index contributed by atoms with van der Waals surface area (Å²) in [5.41, 5.74) is 0.522. The SMILES string of the molecule is CC(C)S(=O)(=O)c1cccc(C(=O)C2CC2)c1. The molecule has 0 aliphatic heterocycles. The van der Waals surface area contributed by atoms with Gasteiger partial charge in [-0.3, -0.25) is 4.79 Å². The highest BCUT2D eigenvalue weighted by Gasteiger charge is 2.31. The summed E-state index contributed by atoms with van der Waals surface area (Å²) in [7, 11) is -3.29. The van der Waals surface area contributed by atoms with Crippen LogP contribution >= 0.6 is 0 Å². The van der Waals surface area contributed by atoms with Gasteiger partial charge in [-0.05, 0) is 38.8 Å². The lowest BCUT2D eigenvalue weighted by atomic mass is 10.1. The summed E-state index contributed by atoms with van der Waals surface area (Å²) in [4.78, 5) is 12.1. The predicted octanol–water partition coefficient (Wildman–Crippen LogP) is 2.46. The molecule has 0 N–H and O–H groups in total. The van der Waals surface area contributed by atoms with Gasteiger partial charge in [0.15, 0.2) is 15.6 Å². The molecular formula is C13H16O3S. The van der Waals surface area contributed by atoms with Gasteiger partial charge in [-0.1, -0.05) is 12.1 Å². The Balaban J connectivity index is 2.38. The van der Waals surface area contributed by atoms with Gasteiger partial charge in [-0.2, -0.15) is 0 Å². The molecule has 1 aromatic carbocycles. The molecule has 0 unspecified atom stereocenters. The minimum atomic E-state index is -3.29. The van der Waals surface area contributed by atoms with E-state index in [1.807, 2.05) is 0 Å². The average Bonchev–Trinajstić information content (AvgIpc) is 3.12. The molecule has 0 saturated heterocycles. The van der Waals surface area contributed by atoms with Gasteiger partial charge in [-0.15, -0.1) is 0 Å². The van der Waals surface area contributed by atoms with Crippen molar-refractivity contribution in [3.63, 3.8) is 0 Å². The number of carbonyl (C=O) groups is 1. The number of carbonyl (C=O) groups excluding carboxylic acids is 1. The fourth-order valence-corrected chi connectivity index (χ4v) is 2.78. The summed E-state index contributed by atoms with van der Waals surface area (Å²) < 4.78 is 24.0. The molecule has 0 aromatic heterocycles. The monoisotopic (exact) mass is 252 g/mol. The first-order valence-electron chi connectivity index (χ1n) is 5.81. The van der Waals surface area contributed by atoms with Crippen LogP contribution in [0, 0.1) is 5.92 Å². The topological polar surface area (TPSA) is 51.2 Å². The largest absolute Gasteiger partial charge is 0.294 e. The first kappa shape index (κ1) is 12.3. The number of rotatable bonds is 4. The van der Waals surface area contributed by atoms with Crippen LogP contribution in [0.4, 0.5) is 0 Å². The zero-order valence-corrected chi connectivity index (χ0v) is 10.8. The van der Waals surface area contributed by atoms with Crippen molar-refractivity contribution >= 4 is 15.6 Å². The van der Waals surface area contributed by atoms with Crippen molar-refractivity contribution in [2.24, 2.45) is 5.92 Å². The third kappa shape index (κ3) is 2.41. The second-order valence-electron chi connectivity index (χ2n) is 4.76. The van der Waals surface area contributed by atoms with Crippen LogP contribution in [0.5, 0.6) is 0 Å². The van der Waals surface area contributed by atoms with E-state index in [2.05, 4.69) is 0 Å². The van der Waals surface area contributed by atoms with Gasteiger partial charge in [0, 0.05) is 11.5 Å². The molecule has 17 heavy (non-hydrogen) atoms. The normalized spacial score (nSPS) is 16.2. The van der Waals surface area contributed by atoms with Crippen LogP contribution in [-0.2, 0) is 9.84 Å². The molecule has 1 fully saturated rings. The smallest absolute Gasteiger partial charge is 0.180 e. The molecule has 0 radical (unpaired) electrons. The Morgan fingerprint density at radius 1 is 1.29 bits per heavy atom. The molecule has 0 spiro atoms. The fourth-order valence-electron chi connectivity index (χ4n) is 1.68. The molecular weight excluding hydrogens is 236 g/mol. The van der Waals surface area contributed by atoms with E-state index < -0.39 is 15.1 Å². The Morgan fingerprint density at radius 2 is 1.94 bits per heavy atom. The lowest BCUT2D eigenvalue weighted by Crippen LogP contribution is -2.14. The summed E-state index contributed by atoms with van der Waals surface area (Å²) in [6, 6.07) is 6.40. The molecule has 0 amide bonds. The Kier molecular flexibility index (Phi) is 3.08. The fraction of sp³-hybridized carbons (Fsp3) is 0.462. The zero-order valence-electron chi connectivity index (χ0n) is 10.0. The Morgan fingerprint density at radius 3 is 2.47 bits per heavy atom. The molecule has 0 atom stereocenters. The second kappa shape index (κ2) is 4.26. The number of hydrogen-bond acceptors (Lipinski definition) is 3. The lowest BCUT2D eigenvalue weighted by Gasteiger charge is -2.08. The quantitative estimate of drug-likeness (QED) is 0.773. The average molecular weight is 252 g/mol. The number of Topliss-reactive ketones (excluding diaryl/α,β-unsaturated/α-hetero) is 1. The molecule has 1 aromatic rings. The minimum Gasteiger partial charge on any atom is -0.294 e. The van der Waals surface area contributed by atoms with Crippen LogP contribution < -0.4 is 0 Å². The number of ketones is 1. The summed E-state index contributed by atoms with van der Waals surface area (Å²) in [6.45, 7) is 3.29. The van der Waals surface area contributed by atoms with E-state index in [0.29, 0.717) is 5.56 Å². The Bertz CT molecular complexity index is 540. The maximum Gasteiger partial charge on any atom is 0.180 e. The Labute approximate surface area is 102 Å². The molecule has 0 bridgehead atoms. The number of benzene rings is 1. The van der Waals surface area contributed by atoms with Crippen molar-refractivity contribution in [2.45, 2.75) is 36.8 Å². The molecule has 0 heterocycles. The van der Waals surface area contributed by atoms with E-state index in [9.17, 15) is 13.2 Å². The molecule has 92 valence electrons. The van der Waals surface area contributed by atoms with Gasteiger partial charge in [0.25, 0.3) is 0 Å². The van der Waals surface area contributed by atoms with Crippen molar-refractivity contribution in [2.75, 3.05) is 0 Å². The predicted molar refractivity (Wildman–Crippen MR) is 65.8 cm³/mol. The van der Waals surface area contributed by atoms with Gasteiger partial charge in [0.05, 0.1) is 10.1 Å². The van der Waals surface area contributed by atoms with Gasteiger partial charge >= 0.3 is 0 Å². The molecule has 4 heteroatoms. The minimum absolute atomic E-state index is 0.0748.